The van der Waals surface area contributed by atoms with E-state index in [2.05, 4.69) is 22.0 Å². The van der Waals surface area contributed by atoms with Crippen LogP contribution in [-0.2, 0) is 0 Å². The van der Waals surface area contributed by atoms with Gasteiger partial charge in [-0.2, -0.15) is 5.26 Å². The number of hydrogen-bond acceptors (Lipinski definition) is 2. The molecule has 0 unspecified atom stereocenters. The summed E-state index contributed by atoms with van der Waals surface area (Å²) in [6.45, 7) is 0.590. The number of nitrogens with zero attached hydrogens (tertiary/aromatic N) is 2. The van der Waals surface area contributed by atoms with Crippen LogP contribution in [0.3, 0.4) is 0 Å². The van der Waals surface area contributed by atoms with E-state index in [1.165, 1.54) is 0 Å². The Morgan fingerprint density at radius 1 is 1.29 bits per heavy atom. The van der Waals surface area contributed by atoms with Crippen LogP contribution in [0.2, 0.25) is 0 Å². The summed E-state index contributed by atoms with van der Waals surface area (Å²) in [6.07, 6.45) is -0.290. The molecule has 0 N–H and O–H groups in total. The van der Waals surface area contributed by atoms with E-state index in [9.17, 15) is 8.78 Å². The van der Waals surface area contributed by atoms with Gasteiger partial charge in [0.15, 0.2) is 0 Å². The van der Waals surface area contributed by atoms with Gasteiger partial charge in [0, 0.05) is 30.4 Å². The molecule has 1 aromatic carbocycles. The molecule has 1 aliphatic rings. The van der Waals surface area contributed by atoms with Crippen molar-refractivity contribution in [3.63, 3.8) is 0 Å². The van der Waals surface area contributed by atoms with Gasteiger partial charge in [-0.1, -0.05) is 15.9 Å². The van der Waals surface area contributed by atoms with E-state index < -0.39 is 5.92 Å². The summed E-state index contributed by atoms with van der Waals surface area (Å²) >= 11 is 3.29. The molecule has 0 bridgehead atoms. The lowest BCUT2D eigenvalue weighted by molar-refractivity contribution is -0.0220. The van der Waals surface area contributed by atoms with Gasteiger partial charge in [0.05, 0.1) is 11.3 Å². The van der Waals surface area contributed by atoms with Gasteiger partial charge in [0.1, 0.15) is 6.07 Å². The fourth-order valence-electron chi connectivity index (χ4n) is 1.95. The van der Waals surface area contributed by atoms with Gasteiger partial charge in [-0.25, -0.2) is 8.78 Å². The standard InChI is InChI=1S/C12H11BrF2N2/c13-10-1-2-11(9(7-10)8-16)17-5-3-12(14,15)4-6-17/h1-2,7H,3-6H2. The quantitative estimate of drug-likeness (QED) is 0.793. The largest absolute Gasteiger partial charge is 0.370 e. The summed E-state index contributed by atoms with van der Waals surface area (Å²) in [5.74, 6) is -2.56. The van der Waals surface area contributed by atoms with E-state index >= 15 is 0 Å². The molecule has 5 heteroatoms. The van der Waals surface area contributed by atoms with E-state index in [1.807, 2.05) is 11.0 Å². The van der Waals surface area contributed by atoms with Crippen LogP contribution in [0.1, 0.15) is 18.4 Å². The minimum atomic E-state index is -2.56. The topological polar surface area (TPSA) is 27.0 Å². The molecule has 2 rings (SSSR count). The average Bonchev–Trinajstić information content (AvgIpc) is 2.29. The summed E-state index contributed by atoms with van der Waals surface area (Å²) in [4.78, 5) is 1.85. The highest BCUT2D eigenvalue weighted by molar-refractivity contribution is 9.10. The fraction of sp³-hybridized carbons (Fsp3) is 0.417. The number of benzene rings is 1. The normalized spacial score (nSPS) is 18.8. The zero-order chi connectivity index (χ0) is 12.5. The van der Waals surface area contributed by atoms with Crippen molar-refractivity contribution in [2.45, 2.75) is 18.8 Å². The molecule has 90 valence electrons. The third-order valence-electron chi connectivity index (χ3n) is 2.91. The molecule has 0 amide bonds. The first-order valence-corrected chi connectivity index (χ1v) is 6.13. The van der Waals surface area contributed by atoms with Crippen molar-refractivity contribution in [2.24, 2.45) is 0 Å². The Bertz CT molecular complexity index is 458. The molecule has 2 nitrogen and oxygen atoms in total. The van der Waals surface area contributed by atoms with Crippen LogP contribution in [0.25, 0.3) is 0 Å². The van der Waals surface area contributed by atoms with Gasteiger partial charge in [0.2, 0.25) is 0 Å². The smallest absolute Gasteiger partial charge is 0.251 e. The molecular formula is C12H11BrF2N2. The molecule has 1 aromatic rings. The SMILES string of the molecule is N#Cc1cc(Br)ccc1N1CCC(F)(F)CC1. The number of rotatable bonds is 1. The van der Waals surface area contributed by atoms with Crippen LogP contribution in [0.4, 0.5) is 14.5 Å². The third-order valence-corrected chi connectivity index (χ3v) is 3.41. The number of piperidine rings is 1. The van der Waals surface area contributed by atoms with Crippen molar-refractivity contribution in [1.29, 1.82) is 5.26 Å². The summed E-state index contributed by atoms with van der Waals surface area (Å²) in [5, 5.41) is 9.03. The summed E-state index contributed by atoms with van der Waals surface area (Å²) in [5.41, 5.74) is 1.26. The van der Waals surface area contributed by atoms with E-state index in [-0.39, 0.29) is 12.8 Å². The monoisotopic (exact) mass is 300 g/mol. The predicted molar refractivity (Wildman–Crippen MR) is 65.3 cm³/mol. The van der Waals surface area contributed by atoms with Gasteiger partial charge in [0.25, 0.3) is 5.92 Å². The molecule has 17 heavy (non-hydrogen) atoms. The Balaban J connectivity index is 2.22. The zero-order valence-electron chi connectivity index (χ0n) is 9.09. The second kappa shape index (κ2) is 4.61. The lowest BCUT2D eigenvalue weighted by Gasteiger charge is -2.33. The minimum absolute atomic E-state index is 0.145. The van der Waals surface area contributed by atoms with Crippen LogP contribution in [0.5, 0.6) is 0 Å². The molecule has 1 fully saturated rings. The van der Waals surface area contributed by atoms with Crippen molar-refractivity contribution < 1.29 is 8.78 Å². The van der Waals surface area contributed by atoms with Crippen molar-refractivity contribution in [2.75, 3.05) is 18.0 Å². The molecular weight excluding hydrogens is 290 g/mol. The van der Waals surface area contributed by atoms with Crippen LogP contribution in [-0.4, -0.2) is 19.0 Å². The number of alkyl halides is 2. The van der Waals surface area contributed by atoms with Crippen LogP contribution in [0.15, 0.2) is 22.7 Å². The predicted octanol–water partition coefficient (Wildman–Crippen LogP) is 3.56. The number of nitriles is 1. The van der Waals surface area contributed by atoms with Gasteiger partial charge in [-0.05, 0) is 18.2 Å². The van der Waals surface area contributed by atoms with Gasteiger partial charge < -0.3 is 4.90 Å². The highest BCUT2D eigenvalue weighted by atomic mass is 79.9. The summed E-state index contributed by atoms with van der Waals surface area (Å²) in [6, 6.07) is 7.43. The van der Waals surface area contributed by atoms with Crippen molar-refractivity contribution in [1.82, 2.24) is 0 Å². The lowest BCUT2D eigenvalue weighted by atomic mass is 10.0. The van der Waals surface area contributed by atoms with E-state index in [4.69, 9.17) is 5.26 Å². The maximum Gasteiger partial charge on any atom is 0.251 e. The fourth-order valence-corrected chi connectivity index (χ4v) is 2.31. The van der Waals surface area contributed by atoms with E-state index in [0.717, 1.165) is 10.2 Å². The van der Waals surface area contributed by atoms with Crippen LogP contribution in [0, 0.1) is 11.3 Å². The molecule has 0 aliphatic carbocycles. The molecule has 1 saturated heterocycles. The first-order chi connectivity index (χ1) is 8.02. The second-order valence-corrected chi connectivity index (χ2v) is 5.03. The Kier molecular flexibility index (Phi) is 3.34. The molecule has 0 saturated carbocycles. The minimum Gasteiger partial charge on any atom is -0.370 e. The third kappa shape index (κ3) is 2.75. The Labute approximate surface area is 107 Å². The Morgan fingerprint density at radius 2 is 1.94 bits per heavy atom. The molecule has 0 radical (unpaired) electrons. The number of hydrogen-bond donors (Lipinski definition) is 0. The molecule has 1 aliphatic heterocycles. The Hall–Kier alpha value is -1.15. The lowest BCUT2D eigenvalue weighted by Crippen LogP contribution is -2.39. The van der Waals surface area contributed by atoms with E-state index in [0.29, 0.717) is 18.7 Å². The average molecular weight is 301 g/mol. The first-order valence-electron chi connectivity index (χ1n) is 5.34. The maximum atomic E-state index is 13.0. The summed E-state index contributed by atoms with van der Waals surface area (Å²) < 4.78 is 26.9. The highest BCUT2D eigenvalue weighted by Gasteiger charge is 2.34. The molecule has 0 atom stereocenters. The van der Waals surface area contributed by atoms with Gasteiger partial charge in [-0.3, -0.25) is 0 Å². The molecule has 0 spiro atoms. The number of halogens is 3. The Morgan fingerprint density at radius 3 is 2.53 bits per heavy atom. The zero-order valence-corrected chi connectivity index (χ0v) is 10.7. The number of anilines is 1. The van der Waals surface area contributed by atoms with E-state index in [1.54, 1.807) is 12.1 Å². The van der Waals surface area contributed by atoms with Crippen LogP contribution >= 0.6 is 15.9 Å². The van der Waals surface area contributed by atoms with Crippen molar-refractivity contribution in [3.05, 3.63) is 28.2 Å². The van der Waals surface area contributed by atoms with Crippen molar-refractivity contribution in [3.8, 4) is 6.07 Å². The van der Waals surface area contributed by atoms with Crippen molar-refractivity contribution >= 4 is 21.6 Å². The van der Waals surface area contributed by atoms with Crippen LogP contribution < -0.4 is 4.90 Å². The van der Waals surface area contributed by atoms with Gasteiger partial charge in [-0.15, -0.1) is 0 Å². The summed E-state index contributed by atoms with van der Waals surface area (Å²) in [7, 11) is 0. The molecule has 0 aromatic heterocycles. The maximum absolute atomic E-state index is 13.0. The highest BCUT2D eigenvalue weighted by Crippen LogP contribution is 2.32. The first kappa shape index (κ1) is 12.3. The second-order valence-electron chi connectivity index (χ2n) is 4.12. The molecule has 1 heterocycles. The van der Waals surface area contributed by atoms with Gasteiger partial charge >= 0.3 is 0 Å².